The molecule has 98 valence electrons. The number of aliphatic hydroxyl groups excluding tert-OH is 1. The number of aryl methyl sites for hydroxylation is 1. The molecular weight excluding hydrogens is 226 g/mol. The molecule has 1 fully saturated rings. The van der Waals surface area contributed by atoms with Crippen LogP contribution >= 0.6 is 0 Å². The van der Waals surface area contributed by atoms with Crippen molar-refractivity contribution in [3.05, 3.63) is 35.4 Å². The van der Waals surface area contributed by atoms with Crippen LogP contribution in [0, 0.1) is 12.8 Å². The van der Waals surface area contributed by atoms with Crippen LogP contribution in [0.3, 0.4) is 0 Å². The Morgan fingerprint density at radius 1 is 1.39 bits per heavy atom. The number of aliphatic hydroxyl groups is 1. The first-order valence-corrected chi connectivity index (χ1v) is 6.66. The van der Waals surface area contributed by atoms with Gasteiger partial charge in [0.1, 0.15) is 0 Å². The van der Waals surface area contributed by atoms with Crippen LogP contribution in [-0.2, 0) is 11.2 Å². The van der Waals surface area contributed by atoms with E-state index in [1.807, 2.05) is 31.2 Å². The lowest BCUT2D eigenvalue weighted by molar-refractivity contribution is -0.120. The zero-order valence-corrected chi connectivity index (χ0v) is 10.9. The number of amides is 1. The van der Waals surface area contributed by atoms with Crippen LogP contribution in [0.15, 0.2) is 24.3 Å². The first-order chi connectivity index (χ1) is 8.66. The molecule has 0 radical (unpaired) electrons. The van der Waals surface area contributed by atoms with Gasteiger partial charge in [-0.05, 0) is 30.9 Å². The molecular formula is C15H21NO2. The molecule has 1 amide bonds. The van der Waals surface area contributed by atoms with E-state index in [9.17, 15) is 9.90 Å². The van der Waals surface area contributed by atoms with Gasteiger partial charge in [0.15, 0.2) is 0 Å². The van der Waals surface area contributed by atoms with Gasteiger partial charge in [0.05, 0.1) is 12.5 Å². The summed E-state index contributed by atoms with van der Waals surface area (Å²) >= 11 is 0. The van der Waals surface area contributed by atoms with Crippen LogP contribution in [0.5, 0.6) is 0 Å². The van der Waals surface area contributed by atoms with Crippen molar-refractivity contribution in [2.75, 3.05) is 6.54 Å². The summed E-state index contributed by atoms with van der Waals surface area (Å²) in [5.74, 6) is 0.286. The highest BCUT2D eigenvalue weighted by Gasteiger charge is 2.25. The molecule has 0 bridgehead atoms. The molecule has 2 rings (SSSR count). The van der Waals surface area contributed by atoms with Crippen molar-refractivity contribution >= 4 is 5.91 Å². The monoisotopic (exact) mass is 247 g/mol. The Morgan fingerprint density at radius 3 is 2.83 bits per heavy atom. The van der Waals surface area contributed by atoms with Gasteiger partial charge in [-0.1, -0.05) is 30.7 Å². The molecule has 0 saturated heterocycles. The summed E-state index contributed by atoms with van der Waals surface area (Å²) in [7, 11) is 0. The van der Waals surface area contributed by atoms with E-state index in [0.717, 1.165) is 30.4 Å². The zero-order valence-electron chi connectivity index (χ0n) is 10.9. The maximum atomic E-state index is 11.8. The largest absolute Gasteiger partial charge is 0.393 e. The third-order valence-electron chi connectivity index (χ3n) is 3.79. The van der Waals surface area contributed by atoms with Gasteiger partial charge < -0.3 is 10.4 Å². The van der Waals surface area contributed by atoms with Gasteiger partial charge in [0, 0.05) is 12.5 Å². The van der Waals surface area contributed by atoms with Gasteiger partial charge in [-0.25, -0.2) is 0 Å². The number of carbonyl (C=O) groups excluding carboxylic acids is 1. The van der Waals surface area contributed by atoms with Crippen LogP contribution in [0.4, 0.5) is 0 Å². The number of benzene rings is 1. The Labute approximate surface area is 108 Å². The lowest BCUT2D eigenvalue weighted by Gasteiger charge is -2.15. The second-order valence-corrected chi connectivity index (χ2v) is 5.17. The van der Waals surface area contributed by atoms with Crippen LogP contribution < -0.4 is 5.32 Å². The molecule has 0 aromatic heterocycles. The Balaban J connectivity index is 1.80. The summed E-state index contributed by atoms with van der Waals surface area (Å²) in [6.45, 7) is 2.62. The fraction of sp³-hybridized carbons (Fsp3) is 0.533. The van der Waals surface area contributed by atoms with Crippen molar-refractivity contribution in [2.24, 2.45) is 5.92 Å². The summed E-state index contributed by atoms with van der Waals surface area (Å²) in [5.41, 5.74) is 2.22. The highest BCUT2D eigenvalue weighted by atomic mass is 16.3. The smallest absolute Gasteiger partial charge is 0.224 e. The summed E-state index contributed by atoms with van der Waals surface area (Å²) in [5, 5.41) is 12.6. The Kier molecular flexibility index (Phi) is 4.37. The second kappa shape index (κ2) is 6.01. The third kappa shape index (κ3) is 3.33. The summed E-state index contributed by atoms with van der Waals surface area (Å²) in [6.07, 6.45) is 3.16. The normalized spacial score (nSPS) is 23.0. The van der Waals surface area contributed by atoms with Crippen LogP contribution in [0.1, 0.15) is 30.4 Å². The van der Waals surface area contributed by atoms with E-state index in [1.54, 1.807) is 0 Å². The average Bonchev–Trinajstić information content (AvgIpc) is 2.75. The molecule has 2 atom stereocenters. The van der Waals surface area contributed by atoms with E-state index in [4.69, 9.17) is 0 Å². The predicted molar refractivity (Wildman–Crippen MR) is 71.2 cm³/mol. The van der Waals surface area contributed by atoms with E-state index in [2.05, 4.69) is 5.32 Å². The molecule has 0 heterocycles. The molecule has 0 aliphatic heterocycles. The van der Waals surface area contributed by atoms with Crippen LogP contribution in [0.2, 0.25) is 0 Å². The highest BCUT2D eigenvalue weighted by molar-refractivity contribution is 5.78. The first-order valence-electron chi connectivity index (χ1n) is 6.66. The molecule has 1 aromatic carbocycles. The molecule has 2 N–H and O–H groups in total. The molecule has 3 nitrogen and oxygen atoms in total. The molecule has 0 spiro atoms. The Hall–Kier alpha value is -1.35. The topological polar surface area (TPSA) is 49.3 Å². The number of hydrogen-bond donors (Lipinski definition) is 2. The molecule has 2 unspecified atom stereocenters. The van der Waals surface area contributed by atoms with Crippen molar-refractivity contribution in [1.29, 1.82) is 0 Å². The highest BCUT2D eigenvalue weighted by Crippen LogP contribution is 2.24. The second-order valence-electron chi connectivity index (χ2n) is 5.17. The van der Waals surface area contributed by atoms with Crippen molar-refractivity contribution in [1.82, 2.24) is 5.32 Å². The number of carbonyl (C=O) groups is 1. The van der Waals surface area contributed by atoms with Crippen LogP contribution in [0.25, 0.3) is 0 Å². The third-order valence-corrected chi connectivity index (χ3v) is 3.79. The quantitative estimate of drug-likeness (QED) is 0.852. The minimum absolute atomic E-state index is 0.0448. The molecule has 1 aliphatic carbocycles. The van der Waals surface area contributed by atoms with Crippen molar-refractivity contribution in [2.45, 2.75) is 38.7 Å². The maximum absolute atomic E-state index is 11.8. The standard InChI is InChI=1S/C15H21NO2/c1-11-5-2-3-6-12(11)9-15(18)16-10-13-7-4-8-14(13)17/h2-3,5-6,13-14,17H,4,7-10H2,1H3,(H,16,18). The molecule has 18 heavy (non-hydrogen) atoms. The van der Waals surface area contributed by atoms with Gasteiger partial charge in [0.25, 0.3) is 0 Å². The van der Waals surface area contributed by atoms with E-state index >= 15 is 0 Å². The number of nitrogens with one attached hydrogen (secondary N) is 1. The van der Waals surface area contributed by atoms with Gasteiger partial charge in [-0.3, -0.25) is 4.79 Å². The molecule has 1 saturated carbocycles. The summed E-state index contributed by atoms with van der Waals surface area (Å²) in [6, 6.07) is 7.94. The lowest BCUT2D eigenvalue weighted by atomic mass is 10.0. The van der Waals surface area contributed by atoms with Gasteiger partial charge in [0.2, 0.25) is 5.91 Å². The average molecular weight is 247 g/mol. The van der Waals surface area contributed by atoms with E-state index in [1.165, 1.54) is 0 Å². The fourth-order valence-electron chi connectivity index (χ4n) is 2.54. The maximum Gasteiger partial charge on any atom is 0.224 e. The van der Waals surface area contributed by atoms with Gasteiger partial charge in [-0.15, -0.1) is 0 Å². The van der Waals surface area contributed by atoms with Crippen molar-refractivity contribution in [3.8, 4) is 0 Å². The summed E-state index contributed by atoms with van der Waals surface area (Å²) < 4.78 is 0. The molecule has 3 heteroatoms. The van der Waals surface area contributed by atoms with Gasteiger partial charge in [-0.2, -0.15) is 0 Å². The summed E-state index contributed by atoms with van der Waals surface area (Å²) in [4.78, 5) is 11.8. The minimum atomic E-state index is -0.233. The Morgan fingerprint density at radius 2 is 2.17 bits per heavy atom. The van der Waals surface area contributed by atoms with Crippen molar-refractivity contribution in [3.63, 3.8) is 0 Å². The van der Waals surface area contributed by atoms with E-state index in [0.29, 0.717) is 13.0 Å². The Bertz CT molecular complexity index is 417. The lowest BCUT2D eigenvalue weighted by Crippen LogP contribution is -2.33. The van der Waals surface area contributed by atoms with Crippen LogP contribution in [-0.4, -0.2) is 23.7 Å². The van der Waals surface area contributed by atoms with Crippen molar-refractivity contribution < 1.29 is 9.90 Å². The minimum Gasteiger partial charge on any atom is -0.393 e. The predicted octanol–water partition coefficient (Wildman–Crippen LogP) is 1.81. The number of hydrogen-bond acceptors (Lipinski definition) is 2. The van der Waals surface area contributed by atoms with Gasteiger partial charge >= 0.3 is 0 Å². The number of rotatable bonds is 4. The van der Waals surface area contributed by atoms with E-state index in [-0.39, 0.29) is 17.9 Å². The molecule has 1 aliphatic rings. The SMILES string of the molecule is Cc1ccccc1CC(=O)NCC1CCCC1O. The first kappa shape index (κ1) is 13.1. The molecule has 1 aromatic rings. The fourth-order valence-corrected chi connectivity index (χ4v) is 2.54. The van der Waals surface area contributed by atoms with E-state index < -0.39 is 0 Å². The zero-order chi connectivity index (χ0) is 13.0.